The lowest BCUT2D eigenvalue weighted by Crippen LogP contribution is -2.32. The number of benzene rings is 3. The summed E-state index contributed by atoms with van der Waals surface area (Å²) in [6.07, 6.45) is 0. The first kappa shape index (κ1) is 16.5. The number of hydrogen-bond acceptors (Lipinski definition) is 3. The molecule has 0 aromatic heterocycles. The fourth-order valence-electron chi connectivity index (χ4n) is 3.34. The Balaban J connectivity index is 1.84. The SMILES string of the molecule is O=C1c2ccccc2C(S(=O)(=O)c2ccccc2)N1Cc1ccccc1. The van der Waals surface area contributed by atoms with E-state index in [9.17, 15) is 13.2 Å². The Morgan fingerprint density at radius 3 is 2.04 bits per heavy atom. The normalized spacial score (nSPS) is 16.5. The number of hydrogen-bond donors (Lipinski definition) is 0. The largest absolute Gasteiger partial charge is 0.313 e. The Hall–Kier alpha value is -2.92. The van der Waals surface area contributed by atoms with Crippen LogP contribution in [0.2, 0.25) is 0 Å². The molecule has 0 saturated carbocycles. The molecule has 0 saturated heterocycles. The van der Waals surface area contributed by atoms with Crippen molar-refractivity contribution >= 4 is 15.7 Å². The van der Waals surface area contributed by atoms with Gasteiger partial charge in [0.1, 0.15) is 0 Å². The molecule has 4 nitrogen and oxygen atoms in total. The van der Waals surface area contributed by atoms with Crippen LogP contribution in [0.3, 0.4) is 0 Å². The summed E-state index contributed by atoms with van der Waals surface area (Å²) in [5, 5.41) is -1.02. The maximum absolute atomic E-state index is 13.3. The van der Waals surface area contributed by atoms with Gasteiger partial charge in [-0.25, -0.2) is 8.42 Å². The first-order chi connectivity index (χ1) is 12.6. The number of nitrogens with zero attached hydrogens (tertiary/aromatic N) is 1. The predicted octanol–water partition coefficient (Wildman–Crippen LogP) is 3.82. The Morgan fingerprint density at radius 1 is 0.769 bits per heavy atom. The van der Waals surface area contributed by atoms with E-state index < -0.39 is 15.2 Å². The van der Waals surface area contributed by atoms with Gasteiger partial charge in [-0.05, 0) is 23.8 Å². The highest BCUT2D eigenvalue weighted by molar-refractivity contribution is 7.91. The average Bonchev–Trinajstić information content (AvgIpc) is 2.96. The Kier molecular flexibility index (Phi) is 4.09. The zero-order valence-electron chi connectivity index (χ0n) is 13.9. The van der Waals surface area contributed by atoms with Crippen LogP contribution in [-0.2, 0) is 16.4 Å². The predicted molar refractivity (Wildman–Crippen MR) is 99.1 cm³/mol. The fraction of sp³-hybridized carbons (Fsp3) is 0.0952. The van der Waals surface area contributed by atoms with Gasteiger partial charge in [0.05, 0.1) is 4.90 Å². The van der Waals surface area contributed by atoms with Crippen LogP contribution in [-0.4, -0.2) is 19.2 Å². The molecule has 1 aliphatic heterocycles. The molecule has 1 atom stereocenters. The van der Waals surface area contributed by atoms with Crippen molar-refractivity contribution in [1.82, 2.24) is 4.90 Å². The van der Waals surface area contributed by atoms with Gasteiger partial charge < -0.3 is 4.90 Å². The molecule has 3 aromatic rings. The molecule has 0 N–H and O–H groups in total. The molecule has 4 rings (SSSR count). The van der Waals surface area contributed by atoms with Gasteiger partial charge in [-0.1, -0.05) is 66.7 Å². The lowest BCUT2D eigenvalue weighted by molar-refractivity contribution is 0.0756. The summed E-state index contributed by atoms with van der Waals surface area (Å²) in [5.74, 6) is -0.256. The van der Waals surface area contributed by atoms with E-state index in [1.807, 2.05) is 30.3 Å². The van der Waals surface area contributed by atoms with Crippen LogP contribution in [0.4, 0.5) is 0 Å². The molecule has 3 aromatic carbocycles. The Bertz CT molecular complexity index is 1050. The summed E-state index contributed by atoms with van der Waals surface area (Å²) in [4.78, 5) is 14.6. The quantitative estimate of drug-likeness (QED) is 0.708. The van der Waals surface area contributed by atoms with Gasteiger partial charge in [0, 0.05) is 17.7 Å². The number of fused-ring (bicyclic) bond motifs is 1. The summed E-state index contributed by atoms with van der Waals surface area (Å²) >= 11 is 0. The Labute approximate surface area is 152 Å². The number of rotatable bonds is 4. The average molecular weight is 363 g/mol. The summed E-state index contributed by atoms with van der Waals surface area (Å²) in [5.41, 5.74) is 1.88. The van der Waals surface area contributed by atoms with Crippen molar-refractivity contribution in [1.29, 1.82) is 0 Å². The zero-order valence-corrected chi connectivity index (χ0v) is 14.8. The number of amides is 1. The summed E-state index contributed by atoms with van der Waals surface area (Å²) < 4.78 is 26.7. The van der Waals surface area contributed by atoms with Gasteiger partial charge in [-0.2, -0.15) is 0 Å². The third kappa shape index (κ3) is 2.70. The maximum Gasteiger partial charge on any atom is 0.255 e. The van der Waals surface area contributed by atoms with Crippen molar-refractivity contribution in [3.63, 3.8) is 0 Å². The molecule has 0 fully saturated rings. The smallest absolute Gasteiger partial charge is 0.255 e. The molecule has 0 radical (unpaired) electrons. The van der Waals surface area contributed by atoms with E-state index >= 15 is 0 Å². The second-order valence-electron chi connectivity index (χ2n) is 6.22. The molecular weight excluding hydrogens is 346 g/mol. The van der Waals surface area contributed by atoms with Gasteiger partial charge >= 0.3 is 0 Å². The summed E-state index contributed by atoms with van der Waals surface area (Å²) in [6.45, 7) is 0.241. The van der Waals surface area contributed by atoms with Crippen LogP contribution in [0.5, 0.6) is 0 Å². The van der Waals surface area contributed by atoms with Crippen molar-refractivity contribution in [3.8, 4) is 0 Å². The minimum Gasteiger partial charge on any atom is -0.313 e. The van der Waals surface area contributed by atoms with Crippen LogP contribution < -0.4 is 0 Å². The number of carbonyl (C=O) groups excluding carboxylic acids is 1. The first-order valence-electron chi connectivity index (χ1n) is 8.32. The van der Waals surface area contributed by atoms with Crippen LogP contribution in [0, 0.1) is 0 Å². The van der Waals surface area contributed by atoms with Crippen molar-refractivity contribution in [2.75, 3.05) is 0 Å². The lowest BCUT2D eigenvalue weighted by Gasteiger charge is -2.25. The number of sulfone groups is 1. The minimum absolute atomic E-state index is 0.215. The molecule has 0 spiro atoms. The maximum atomic E-state index is 13.3. The molecule has 1 heterocycles. The second kappa shape index (κ2) is 6.42. The van der Waals surface area contributed by atoms with Gasteiger partial charge in [0.15, 0.2) is 5.37 Å². The van der Waals surface area contributed by atoms with E-state index in [0.717, 1.165) is 5.56 Å². The lowest BCUT2D eigenvalue weighted by atomic mass is 10.1. The second-order valence-corrected chi connectivity index (χ2v) is 8.22. The third-order valence-electron chi connectivity index (χ3n) is 4.56. The summed E-state index contributed by atoms with van der Waals surface area (Å²) in [6, 6.07) is 24.7. The number of carbonyl (C=O) groups is 1. The van der Waals surface area contributed by atoms with E-state index in [4.69, 9.17) is 0 Å². The van der Waals surface area contributed by atoms with E-state index in [2.05, 4.69) is 0 Å². The Morgan fingerprint density at radius 2 is 1.35 bits per heavy atom. The highest BCUT2D eigenvalue weighted by Gasteiger charge is 2.44. The van der Waals surface area contributed by atoms with Crippen molar-refractivity contribution in [3.05, 3.63) is 102 Å². The van der Waals surface area contributed by atoms with Crippen molar-refractivity contribution < 1.29 is 13.2 Å². The van der Waals surface area contributed by atoms with E-state index in [1.165, 1.54) is 4.90 Å². The third-order valence-corrected chi connectivity index (χ3v) is 6.59. The highest BCUT2D eigenvalue weighted by Crippen LogP contribution is 2.41. The van der Waals surface area contributed by atoms with E-state index in [0.29, 0.717) is 11.1 Å². The monoisotopic (exact) mass is 363 g/mol. The zero-order chi connectivity index (χ0) is 18.1. The molecule has 5 heteroatoms. The fourth-order valence-corrected chi connectivity index (χ4v) is 5.18. The summed E-state index contributed by atoms with van der Waals surface area (Å²) in [7, 11) is -3.75. The standard InChI is InChI=1S/C21H17NO3S/c23-20-18-13-7-8-14-19(18)21(22(20)15-16-9-3-1-4-10-16)26(24,25)17-11-5-2-6-12-17/h1-14,21H,15H2. The van der Waals surface area contributed by atoms with E-state index in [-0.39, 0.29) is 17.3 Å². The van der Waals surface area contributed by atoms with Gasteiger partial charge in [0.2, 0.25) is 9.84 Å². The molecular formula is C21H17NO3S. The molecule has 1 unspecified atom stereocenters. The molecule has 0 bridgehead atoms. The molecule has 26 heavy (non-hydrogen) atoms. The van der Waals surface area contributed by atoms with Crippen LogP contribution in [0.15, 0.2) is 89.8 Å². The highest BCUT2D eigenvalue weighted by atomic mass is 32.2. The van der Waals surface area contributed by atoms with Crippen molar-refractivity contribution in [2.24, 2.45) is 0 Å². The van der Waals surface area contributed by atoms with Gasteiger partial charge in [-0.15, -0.1) is 0 Å². The van der Waals surface area contributed by atoms with Gasteiger partial charge in [0.25, 0.3) is 5.91 Å². The van der Waals surface area contributed by atoms with Crippen LogP contribution in [0.25, 0.3) is 0 Å². The van der Waals surface area contributed by atoms with Gasteiger partial charge in [-0.3, -0.25) is 4.79 Å². The first-order valence-corrected chi connectivity index (χ1v) is 9.86. The molecule has 1 aliphatic rings. The van der Waals surface area contributed by atoms with Crippen LogP contribution >= 0.6 is 0 Å². The van der Waals surface area contributed by atoms with Crippen molar-refractivity contribution in [2.45, 2.75) is 16.8 Å². The molecule has 1 amide bonds. The molecule has 0 aliphatic carbocycles. The van der Waals surface area contributed by atoms with E-state index in [1.54, 1.807) is 54.6 Å². The topological polar surface area (TPSA) is 54.5 Å². The molecule has 130 valence electrons. The van der Waals surface area contributed by atoms with Crippen LogP contribution in [0.1, 0.15) is 26.9 Å². The minimum atomic E-state index is -3.75.